The fourth-order valence-electron chi connectivity index (χ4n) is 3.03. The Labute approximate surface area is 110 Å². The first-order valence-electron chi connectivity index (χ1n) is 7.27. The molecule has 0 radical (unpaired) electrons. The van der Waals surface area contributed by atoms with Crippen LogP contribution in [0.25, 0.3) is 0 Å². The highest BCUT2D eigenvalue weighted by molar-refractivity contribution is 5.74. The summed E-state index contributed by atoms with van der Waals surface area (Å²) in [5.74, 6) is 0.930. The summed E-state index contributed by atoms with van der Waals surface area (Å²) in [6.07, 6.45) is 6.58. The van der Waals surface area contributed by atoms with Crippen molar-refractivity contribution in [2.24, 2.45) is 11.8 Å². The maximum Gasteiger partial charge on any atom is 0.317 e. The van der Waals surface area contributed by atoms with Crippen molar-refractivity contribution in [3.63, 3.8) is 0 Å². The molecular formula is C14H26N2O2. The molecule has 0 aromatic carbocycles. The van der Waals surface area contributed by atoms with Crippen molar-refractivity contribution in [1.82, 2.24) is 10.2 Å². The lowest BCUT2D eigenvalue weighted by atomic mass is 9.80. The van der Waals surface area contributed by atoms with E-state index in [0.717, 1.165) is 19.3 Å². The van der Waals surface area contributed by atoms with Crippen molar-refractivity contribution in [2.45, 2.75) is 57.6 Å². The quantitative estimate of drug-likeness (QED) is 0.806. The summed E-state index contributed by atoms with van der Waals surface area (Å²) in [5, 5.41) is 12.9. The van der Waals surface area contributed by atoms with E-state index >= 15 is 0 Å². The molecule has 104 valence electrons. The normalized spacial score (nSPS) is 29.7. The van der Waals surface area contributed by atoms with Crippen molar-refractivity contribution in [1.29, 1.82) is 0 Å². The molecule has 0 aromatic heterocycles. The largest absolute Gasteiger partial charge is 0.393 e. The van der Waals surface area contributed by atoms with Crippen molar-refractivity contribution in [2.75, 3.05) is 13.6 Å². The molecule has 0 spiro atoms. The van der Waals surface area contributed by atoms with Gasteiger partial charge in [0, 0.05) is 25.6 Å². The average molecular weight is 254 g/mol. The summed E-state index contributed by atoms with van der Waals surface area (Å²) < 4.78 is 0. The zero-order chi connectivity index (χ0) is 13.1. The summed E-state index contributed by atoms with van der Waals surface area (Å²) in [5.41, 5.74) is 0. The van der Waals surface area contributed by atoms with Gasteiger partial charge in [-0.05, 0) is 38.5 Å². The molecule has 0 bridgehead atoms. The van der Waals surface area contributed by atoms with Crippen LogP contribution in [0.4, 0.5) is 4.79 Å². The molecule has 4 nitrogen and oxygen atoms in total. The Kier molecular flexibility index (Phi) is 4.49. The van der Waals surface area contributed by atoms with Gasteiger partial charge in [0.15, 0.2) is 0 Å². The molecule has 0 saturated heterocycles. The second-order valence-corrected chi connectivity index (χ2v) is 6.07. The van der Waals surface area contributed by atoms with Crippen molar-refractivity contribution < 1.29 is 9.90 Å². The highest BCUT2D eigenvalue weighted by atomic mass is 16.3. The lowest BCUT2D eigenvalue weighted by molar-refractivity contribution is 0.112. The van der Waals surface area contributed by atoms with E-state index in [0.29, 0.717) is 12.5 Å². The average Bonchev–Trinajstić information content (AvgIpc) is 2.61. The molecule has 18 heavy (non-hydrogen) atoms. The fraction of sp³-hybridized carbons (Fsp3) is 0.929. The molecule has 3 unspecified atom stereocenters. The Morgan fingerprint density at radius 3 is 2.50 bits per heavy atom. The van der Waals surface area contributed by atoms with Gasteiger partial charge in [-0.2, -0.15) is 0 Å². The maximum atomic E-state index is 12.0. The molecule has 0 aliphatic heterocycles. The molecule has 2 N–H and O–H groups in total. The number of urea groups is 1. The number of aliphatic hydroxyl groups excluding tert-OH is 1. The Bertz CT molecular complexity index is 292. The second-order valence-electron chi connectivity index (χ2n) is 6.07. The number of amides is 2. The second kappa shape index (κ2) is 5.91. The van der Waals surface area contributed by atoms with Gasteiger partial charge in [0.05, 0.1) is 6.10 Å². The number of rotatable bonds is 4. The van der Waals surface area contributed by atoms with E-state index in [1.54, 1.807) is 4.90 Å². The highest BCUT2D eigenvalue weighted by Gasteiger charge is 2.29. The van der Waals surface area contributed by atoms with Gasteiger partial charge >= 0.3 is 6.03 Å². The molecule has 0 aromatic rings. The van der Waals surface area contributed by atoms with Crippen LogP contribution in [0.15, 0.2) is 0 Å². The third kappa shape index (κ3) is 3.16. The van der Waals surface area contributed by atoms with Gasteiger partial charge in [-0.3, -0.25) is 0 Å². The number of nitrogens with zero attached hydrogens (tertiary/aromatic N) is 1. The molecule has 2 aliphatic carbocycles. The van der Waals surface area contributed by atoms with Crippen LogP contribution in [-0.4, -0.2) is 41.8 Å². The number of hydrogen-bond donors (Lipinski definition) is 2. The molecule has 4 heteroatoms. The summed E-state index contributed by atoms with van der Waals surface area (Å²) in [6, 6.07) is 0.288. The maximum absolute atomic E-state index is 12.0. The topological polar surface area (TPSA) is 52.6 Å². The van der Waals surface area contributed by atoms with Crippen LogP contribution in [0.1, 0.15) is 45.4 Å². The summed E-state index contributed by atoms with van der Waals surface area (Å²) in [6.45, 7) is 2.77. The first-order chi connectivity index (χ1) is 8.58. The number of carbonyl (C=O) groups excluding carboxylic acids is 1. The van der Waals surface area contributed by atoms with Crippen LogP contribution in [0.3, 0.4) is 0 Å². The van der Waals surface area contributed by atoms with Gasteiger partial charge in [-0.1, -0.05) is 12.8 Å². The summed E-state index contributed by atoms with van der Waals surface area (Å²) in [7, 11) is 1.83. The first-order valence-corrected chi connectivity index (χ1v) is 7.27. The smallest absolute Gasteiger partial charge is 0.317 e. The van der Waals surface area contributed by atoms with Gasteiger partial charge in [0.2, 0.25) is 0 Å². The number of carbonyl (C=O) groups is 1. The molecule has 0 heterocycles. The van der Waals surface area contributed by atoms with Crippen LogP contribution in [0, 0.1) is 11.8 Å². The summed E-state index contributed by atoms with van der Waals surface area (Å²) >= 11 is 0. The Hall–Kier alpha value is -0.770. The zero-order valence-corrected chi connectivity index (χ0v) is 11.6. The fourth-order valence-corrected chi connectivity index (χ4v) is 3.03. The van der Waals surface area contributed by atoms with Gasteiger partial charge in [-0.25, -0.2) is 4.79 Å². The zero-order valence-electron chi connectivity index (χ0n) is 11.6. The Morgan fingerprint density at radius 2 is 2.00 bits per heavy atom. The minimum Gasteiger partial charge on any atom is -0.393 e. The third-order valence-corrected chi connectivity index (χ3v) is 4.68. The van der Waals surface area contributed by atoms with E-state index in [1.807, 2.05) is 7.05 Å². The van der Waals surface area contributed by atoms with E-state index in [1.165, 1.54) is 19.3 Å². The molecule has 2 saturated carbocycles. The minimum atomic E-state index is -0.218. The highest BCUT2D eigenvalue weighted by Crippen LogP contribution is 2.29. The Morgan fingerprint density at radius 1 is 1.33 bits per heavy atom. The van der Waals surface area contributed by atoms with E-state index in [2.05, 4.69) is 12.2 Å². The van der Waals surface area contributed by atoms with Gasteiger partial charge < -0.3 is 15.3 Å². The van der Waals surface area contributed by atoms with Crippen molar-refractivity contribution in [3.05, 3.63) is 0 Å². The Balaban J connectivity index is 1.73. The van der Waals surface area contributed by atoms with E-state index in [-0.39, 0.29) is 24.1 Å². The molecule has 3 atom stereocenters. The predicted octanol–water partition coefficient (Wildman–Crippen LogP) is 1.98. The SMILES string of the molecule is CC(NC(=O)N(C)CC1CCCC1O)C1CCC1. The van der Waals surface area contributed by atoms with Gasteiger partial charge in [-0.15, -0.1) is 0 Å². The van der Waals surface area contributed by atoms with Gasteiger partial charge in [0.25, 0.3) is 0 Å². The minimum absolute atomic E-state index is 0.00787. The lowest BCUT2D eigenvalue weighted by Crippen LogP contribution is -2.47. The molecule has 2 amide bonds. The molecular weight excluding hydrogens is 228 g/mol. The molecule has 2 aliphatic rings. The van der Waals surface area contributed by atoms with Gasteiger partial charge in [0.1, 0.15) is 0 Å². The van der Waals surface area contributed by atoms with Crippen LogP contribution < -0.4 is 5.32 Å². The number of hydrogen-bond acceptors (Lipinski definition) is 2. The molecule has 2 fully saturated rings. The van der Waals surface area contributed by atoms with E-state index < -0.39 is 0 Å². The number of nitrogens with one attached hydrogen (secondary N) is 1. The van der Waals surface area contributed by atoms with Crippen molar-refractivity contribution >= 4 is 6.03 Å². The van der Waals surface area contributed by atoms with Crippen molar-refractivity contribution in [3.8, 4) is 0 Å². The predicted molar refractivity (Wildman–Crippen MR) is 71.3 cm³/mol. The van der Waals surface area contributed by atoms with Crippen LogP contribution in [-0.2, 0) is 0 Å². The lowest BCUT2D eigenvalue weighted by Gasteiger charge is -2.33. The van der Waals surface area contributed by atoms with E-state index in [4.69, 9.17) is 0 Å². The molecule has 2 rings (SSSR count). The first kappa shape index (κ1) is 13.7. The van der Waals surface area contributed by atoms with Crippen LogP contribution >= 0.6 is 0 Å². The van der Waals surface area contributed by atoms with Crippen LogP contribution in [0.5, 0.6) is 0 Å². The van der Waals surface area contributed by atoms with Crippen LogP contribution in [0.2, 0.25) is 0 Å². The van der Waals surface area contributed by atoms with E-state index in [9.17, 15) is 9.90 Å². The third-order valence-electron chi connectivity index (χ3n) is 4.68. The summed E-state index contributed by atoms with van der Waals surface area (Å²) in [4.78, 5) is 13.8. The number of aliphatic hydroxyl groups is 1. The standard InChI is InChI=1S/C14H26N2O2/c1-10(11-5-3-6-11)15-14(18)16(2)9-12-7-4-8-13(12)17/h10-13,17H,3-9H2,1-2H3,(H,15,18). The monoisotopic (exact) mass is 254 g/mol.